The van der Waals surface area contributed by atoms with Gasteiger partial charge in [-0.05, 0) is 46.9 Å². The Kier molecular flexibility index (Phi) is 6.76. The first-order valence-electron chi connectivity index (χ1n) is 8.78. The van der Waals surface area contributed by atoms with Crippen LogP contribution in [0.5, 0.6) is 11.5 Å². The van der Waals surface area contributed by atoms with Gasteiger partial charge < -0.3 is 15.2 Å². The lowest BCUT2D eigenvalue weighted by atomic mass is 9.87. The van der Waals surface area contributed by atoms with Gasteiger partial charge in [0.2, 0.25) is 0 Å². The van der Waals surface area contributed by atoms with E-state index in [0.717, 1.165) is 5.56 Å². The number of rotatable bonds is 6. The first kappa shape index (κ1) is 21.0. The monoisotopic (exact) mass is 383 g/mol. The predicted octanol–water partition coefficient (Wildman–Crippen LogP) is 2.58. The lowest BCUT2D eigenvalue weighted by Gasteiger charge is -2.19. The summed E-state index contributed by atoms with van der Waals surface area (Å²) in [6.45, 7) is 6.10. The van der Waals surface area contributed by atoms with Gasteiger partial charge in [0.15, 0.2) is 11.5 Å². The van der Waals surface area contributed by atoms with E-state index in [1.165, 1.54) is 19.4 Å². The van der Waals surface area contributed by atoms with E-state index in [1.807, 2.05) is 12.1 Å². The maximum atomic E-state index is 12.1. The number of ether oxygens (including phenoxy) is 1. The molecule has 28 heavy (non-hydrogen) atoms. The van der Waals surface area contributed by atoms with E-state index in [1.54, 1.807) is 24.3 Å². The molecule has 7 nitrogen and oxygen atoms in total. The van der Waals surface area contributed by atoms with Gasteiger partial charge in [-0.2, -0.15) is 5.10 Å². The van der Waals surface area contributed by atoms with Gasteiger partial charge in [0, 0.05) is 5.56 Å². The molecule has 0 aromatic heterocycles. The molecule has 0 heterocycles. The number of phenolic OH excluding ortho intramolecular Hbond substituents is 1. The average molecular weight is 383 g/mol. The van der Waals surface area contributed by atoms with Crippen molar-refractivity contribution in [2.24, 2.45) is 5.10 Å². The van der Waals surface area contributed by atoms with Crippen LogP contribution < -0.4 is 15.5 Å². The zero-order valence-electron chi connectivity index (χ0n) is 16.4. The Morgan fingerprint density at radius 2 is 1.82 bits per heavy atom. The normalized spacial score (nSPS) is 11.3. The number of carbonyl (C=O) groups excluding carboxylic acids is 2. The number of nitrogens with one attached hydrogen (secondary N) is 2. The van der Waals surface area contributed by atoms with Crippen molar-refractivity contribution in [3.63, 3.8) is 0 Å². The second-order valence-corrected chi connectivity index (χ2v) is 7.23. The first-order chi connectivity index (χ1) is 13.2. The summed E-state index contributed by atoms with van der Waals surface area (Å²) in [5, 5.41) is 15.9. The summed E-state index contributed by atoms with van der Waals surface area (Å²) in [5.74, 6) is -0.466. The minimum atomic E-state index is -0.457. The van der Waals surface area contributed by atoms with Gasteiger partial charge in [0.05, 0.1) is 19.9 Å². The van der Waals surface area contributed by atoms with Gasteiger partial charge in [0.25, 0.3) is 11.8 Å². The van der Waals surface area contributed by atoms with Crippen LogP contribution in [0.2, 0.25) is 0 Å². The standard InChI is InChI=1S/C21H25N3O4/c1-21(2,3)16-8-6-15(7-9-16)20(27)22-13-19(26)24-23-12-14-5-10-17(25)18(11-14)28-4/h5-12,25H,13H2,1-4H3,(H,22,27)(H,24,26)/b23-12-. The summed E-state index contributed by atoms with van der Waals surface area (Å²) in [7, 11) is 1.44. The maximum absolute atomic E-state index is 12.1. The SMILES string of the molecule is COc1cc(/C=N\NC(=O)CNC(=O)c2ccc(C(C)(C)C)cc2)ccc1O. The topological polar surface area (TPSA) is 100 Å². The van der Waals surface area contributed by atoms with Crippen molar-refractivity contribution >= 4 is 18.0 Å². The van der Waals surface area contributed by atoms with E-state index in [4.69, 9.17) is 4.74 Å². The second kappa shape index (κ2) is 9.03. The molecule has 2 amide bonds. The number of nitrogens with zero attached hydrogens (tertiary/aromatic N) is 1. The Balaban J connectivity index is 1.84. The van der Waals surface area contributed by atoms with Crippen LogP contribution >= 0.6 is 0 Å². The van der Waals surface area contributed by atoms with Gasteiger partial charge in [0.1, 0.15) is 0 Å². The molecule has 2 aromatic rings. The van der Waals surface area contributed by atoms with Gasteiger partial charge in [-0.1, -0.05) is 32.9 Å². The van der Waals surface area contributed by atoms with E-state index in [9.17, 15) is 14.7 Å². The molecule has 2 rings (SSSR count). The van der Waals surface area contributed by atoms with Gasteiger partial charge >= 0.3 is 0 Å². The highest BCUT2D eigenvalue weighted by Crippen LogP contribution is 2.25. The molecule has 0 aliphatic carbocycles. The third-order valence-electron chi connectivity index (χ3n) is 4.03. The lowest BCUT2D eigenvalue weighted by Crippen LogP contribution is -2.34. The molecule has 0 atom stereocenters. The van der Waals surface area contributed by atoms with Crippen molar-refractivity contribution in [2.75, 3.05) is 13.7 Å². The maximum Gasteiger partial charge on any atom is 0.259 e. The molecule has 0 spiro atoms. The zero-order chi connectivity index (χ0) is 20.7. The number of hydrogen-bond acceptors (Lipinski definition) is 5. The highest BCUT2D eigenvalue weighted by Gasteiger charge is 2.14. The number of hydrogen-bond donors (Lipinski definition) is 3. The molecule has 7 heteroatoms. The molecule has 0 saturated carbocycles. The molecule has 2 aromatic carbocycles. The van der Waals surface area contributed by atoms with Crippen molar-refractivity contribution in [3.05, 3.63) is 59.2 Å². The third kappa shape index (κ3) is 5.84. The minimum Gasteiger partial charge on any atom is -0.504 e. The molecule has 3 N–H and O–H groups in total. The smallest absolute Gasteiger partial charge is 0.259 e. The van der Waals surface area contributed by atoms with Crippen LogP contribution in [0.4, 0.5) is 0 Å². The molecule has 0 unspecified atom stereocenters. The molecule has 0 aliphatic heterocycles. The number of methoxy groups -OCH3 is 1. The Hall–Kier alpha value is -3.35. The number of phenols is 1. The fourth-order valence-corrected chi connectivity index (χ4v) is 2.38. The summed E-state index contributed by atoms with van der Waals surface area (Å²) in [6, 6.07) is 12.0. The molecular formula is C21H25N3O4. The average Bonchev–Trinajstić information content (AvgIpc) is 2.66. The fourth-order valence-electron chi connectivity index (χ4n) is 2.38. The highest BCUT2D eigenvalue weighted by molar-refractivity contribution is 5.96. The van der Waals surface area contributed by atoms with Crippen LogP contribution in [0.25, 0.3) is 0 Å². The van der Waals surface area contributed by atoms with Gasteiger partial charge in [-0.25, -0.2) is 5.43 Å². The summed E-state index contributed by atoms with van der Waals surface area (Å²) < 4.78 is 5.00. The molecule has 0 radical (unpaired) electrons. The molecule has 0 bridgehead atoms. The predicted molar refractivity (Wildman–Crippen MR) is 108 cm³/mol. The van der Waals surface area contributed by atoms with Crippen LogP contribution in [0.15, 0.2) is 47.6 Å². The Labute approximate surface area is 164 Å². The number of carbonyl (C=O) groups is 2. The van der Waals surface area contributed by atoms with E-state index in [2.05, 4.69) is 36.6 Å². The van der Waals surface area contributed by atoms with Crippen molar-refractivity contribution in [1.29, 1.82) is 0 Å². The van der Waals surface area contributed by atoms with E-state index < -0.39 is 5.91 Å². The Morgan fingerprint density at radius 1 is 1.14 bits per heavy atom. The van der Waals surface area contributed by atoms with E-state index in [0.29, 0.717) is 16.9 Å². The number of hydrazone groups is 1. The largest absolute Gasteiger partial charge is 0.504 e. The summed E-state index contributed by atoms with van der Waals surface area (Å²) in [4.78, 5) is 24.0. The molecule has 0 saturated heterocycles. The quantitative estimate of drug-likeness (QED) is 0.527. The van der Waals surface area contributed by atoms with Gasteiger partial charge in [-0.3, -0.25) is 9.59 Å². The molecule has 148 valence electrons. The number of aromatic hydroxyl groups is 1. The highest BCUT2D eigenvalue weighted by atomic mass is 16.5. The van der Waals surface area contributed by atoms with Crippen molar-refractivity contribution in [1.82, 2.24) is 10.7 Å². The summed E-state index contributed by atoms with van der Waals surface area (Å²) in [6.07, 6.45) is 1.41. The van der Waals surface area contributed by atoms with E-state index >= 15 is 0 Å². The second-order valence-electron chi connectivity index (χ2n) is 7.23. The van der Waals surface area contributed by atoms with Crippen LogP contribution in [0.3, 0.4) is 0 Å². The van der Waals surface area contributed by atoms with Crippen molar-refractivity contribution in [2.45, 2.75) is 26.2 Å². The third-order valence-corrected chi connectivity index (χ3v) is 4.03. The zero-order valence-corrected chi connectivity index (χ0v) is 16.4. The minimum absolute atomic E-state index is 0.00835. The first-order valence-corrected chi connectivity index (χ1v) is 8.78. The van der Waals surface area contributed by atoms with Crippen LogP contribution in [0.1, 0.15) is 42.3 Å². The van der Waals surface area contributed by atoms with Gasteiger partial charge in [-0.15, -0.1) is 0 Å². The van der Waals surface area contributed by atoms with E-state index in [-0.39, 0.29) is 23.6 Å². The molecular weight excluding hydrogens is 358 g/mol. The Bertz CT molecular complexity index is 868. The Morgan fingerprint density at radius 3 is 2.43 bits per heavy atom. The van der Waals surface area contributed by atoms with Crippen LogP contribution in [0, 0.1) is 0 Å². The fraction of sp³-hybridized carbons (Fsp3) is 0.286. The molecule has 0 fully saturated rings. The van der Waals surface area contributed by atoms with Crippen LogP contribution in [-0.4, -0.2) is 36.8 Å². The lowest BCUT2D eigenvalue weighted by molar-refractivity contribution is -0.120. The van der Waals surface area contributed by atoms with Crippen molar-refractivity contribution < 1.29 is 19.4 Å². The number of benzene rings is 2. The summed E-state index contributed by atoms with van der Waals surface area (Å²) >= 11 is 0. The number of amides is 2. The summed E-state index contributed by atoms with van der Waals surface area (Å²) in [5.41, 5.74) is 4.59. The van der Waals surface area contributed by atoms with Crippen molar-refractivity contribution in [3.8, 4) is 11.5 Å². The molecule has 0 aliphatic rings. The van der Waals surface area contributed by atoms with Crippen LogP contribution in [-0.2, 0) is 10.2 Å².